The van der Waals surface area contributed by atoms with Gasteiger partial charge in [-0.3, -0.25) is 4.55 Å². The Bertz CT molecular complexity index is 175. The fourth-order valence-electron chi connectivity index (χ4n) is 0. The van der Waals surface area contributed by atoms with E-state index in [1.165, 1.54) is 6.92 Å². The van der Waals surface area contributed by atoms with Crippen LogP contribution < -0.4 is 0 Å². The Morgan fingerprint density at radius 1 is 1.27 bits per heavy atom. The molecule has 0 unspecified atom stereocenters. The van der Waals surface area contributed by atoms with Crippen molar-refractivity contribution in [2.24, 2.45) is 0 Å². The fourth-order valence-corrected chi connectivity index (χ4v) is 0. The van der Waals surface area contributed by atoms with Gasteiger partial charge in [0.2, 0.25) is 0 Å². The summed E-state index contributed by atoms with van der Waals surface area (Å²) in [6.07, 6.45) is -5.50. The summed E-state index contributed by atoms with van der Waals surface area (Å²) in [4.78, 5) is 0. The second-order valence-corrected chi connectivity index (χ2v) is 3.04. The highest BCUT2D eigenvalue weighted by molar-refractivity contribution is 7.85. The maximum Gasteiger partial charge on any atom is 0.559 e. The van der Waals surface area contributed by atoms with Gasteiger partial charge in [0.15, 0.2) is 0 Å². The lowest BCUT2D eigenvalue weighted by Gasteiger charge is -1.82. The molecule has 0 spiro atoms. The second-order valence-electron chi connectivity index (χ2n) is 1.30. The summed E-state index contributed by atoms with van der Waals surface area (Å²) >= 11 is 0. The summed E-state index contributed by atoms with van der Waals surface area (Å²) in [7, 11) is -3.66. The zero-order valence-corrected chi connectivity index (χ0v) is 6.21. The predicted octanol–water partition coefficient (Wildman–Crippen LogP) is 1.37. The molecule has 0 saturated carbocycles. The first kappa shape index (κ1) is 13.2. The maximum absolute atomic E-state index is 9.69. The molecule has 0 aromatic heterocycles. The van der Waals surface area contributed by atoms with Crippen molar-refractivity contribution in [3.05, 3.63) is 0 Å². The molecule has 0 bridgehead atoms. The zero-order chi connectivity index (χ0) is 9.71. The van der Waals surface area contributed by atoms with Crippen LogP contribution in [0.3, 0.4) is 0 Å². The smallest absolute Gasteiger partial charge is 0.286 e. The highest BCUT2D eigenvalue weighted by Crippen LogP contribution is 2.13. The van der Waals surface area contributed by atoms with Crippen LogP contribution >= 0.6 is 0 Å². The Morgan fingerprint density at radius 2 is 1.36 bits per heavy atom. The number of alkyl halides is 4. The summed E-state index contributed by atoms with van der Waals surface area (Å²) in [5, 5.41) is 0. The van der Waals surface area contributed by atoms with E-state index in [4.69, 9.17) is 4.55 Å². The van der Waals surface area contributed by atoms with Crippen molar-refractivity contribution in [2.45, 2.75) is 13.4 Å². The van der Waals surface area contributed by atoms with Gasteiger partial charge in [-0.05, 0) is 6.92 Å². The van der Waals surface area contributed by atoms with Crippen LogP contribution in [0.4, 0.5) is 17.6 Å². The fraction of sp³-hybridized carbons (Fsp3) is 1.00. The van der Waals surface area contributed by atoms with E-state index in [0.717, 1.165) is 0 Å². The van der Waals surface area contributed by atoms with Gasteiger partial charge in [0, 0.05) is 0 Å². The van der Waals surface area contributed by atoms with Gasteiger partial charge in [0.05, 0.1) is 5.75 Å². The maximum atomic E-state index is 9.69. The topological polar surface area (TPSA) is 54.4 Å². The van der Waals surface area contributed by atoms with Crippen molar-refractivity contribution < 1.29 is 30.5 Å². The molecule has 0 aliphatic heterocycles. The van der Waals surface area contributed by atoms with Crippen molar-refractivity contribution in [3.63, 3.8) is 0 Å². The van der Waals surface area contributed by atoms with E-state index >= 15 is 0 Å². The van der Waals surface area contributed by atoms with Crippen molar-refractivity contribution in [1.29, 1.82) is 0 Å². The van der Waals surface area contributed by atoms with E-state index in [-0.39, 0.29) is 5.75 Å². The summed E-state index contributed by atoms with van der Waals surface area (Å²) in [6, 6.07) is 0. The van der Waals surface area contributed by atoms with Crippen LogP contribution in [-0.2, 0) is 10.1 Å². The third kappa shape index (κ3) is 81.1. The van der Waals surface area contributed by atoms with Gasteiger partial charge in [-0.15, -0.1) is 17.6 Å². The monoisotopic (exact) mass is 198 g/mol. The largest absolute Gasteiger partial charge is 0.559 e. The first-order chi connectivity index (χ1) is 4.56. The van der Waals surface area contributed by atoms with Crippen LogP contribution in [0.15, 0.2) is 0 Å². The molecule has 0 aromatic carbocycles. The molecule has 0 atom stereocenters. The summed E-state index contributed by atoms with van der Waals surface area (Å²) < 4.78 is 65.7. The molecule has 0 amide bonds. The van der Waals surface area contributed by atoms with E-state index in [1.54, 1.807) is 0 Å². The summed E-state index contributed by atoms with van der Waals surface area (Å²) in [6.45, 7) is 1.37. The minimum Gasteiger partial charge on any atom is -0.286 e. The molecular weight excluding hydrogens is 192 g/mol. The summed E-state index contributed by atoms with van der Waals surface area (Å²) in [5.74, 6) is -0.201. The Kier molecular flexibility index (Phi) is 5.41. The van der Waals surface area contributed by atoms with Gasteiger partial charge in [-0.25, -0.2) is 0 Å². The standard InChI is InChI=1S/C2H6O3S.CF4/c1-2-6(3,4)5;2-1(3,4)5/h2H2,1H3,(H,3,4,5);. The van der Waals surface area contributed by atoms with E-state index in [1.807, 2.05) is 0 Å². The molecule has 0 heterocycles. The Hall–Kier alpha value is -0.370. The van der Waals surface area contributed by atoms with Gasteiger partial charge in [-0.2, -0.15) is 8.42 Å². The van der Waals surface area contributed by atoms with Gasteiger partial charge in [0.25, 0.3) is 10.1 Å². The van der Waals surface area contributed by atoms with E-state index in [9.17, 15) is 26.0 Å². The third-order valence-corrected chi connectivity index (χ3v) is 1.09. The molecule has 3 nitrogen and oxygen atoms in total. The number of hydrogen-bond donors (Lipinski definition) is 1. The minimum atomic E-state index is -5.50. The Morgan fingerprint density at radius 3 is 1.36 bits per heavy atom. The number of rotatable bonds is 1. The van der Waals surface area contributed by atoms with Crippen molar-refractivity contribution in [1.82, 2.24) is 0 Å². The molecule has 0 radical (unpaired) electrons. The first-order valence-electron chi connectivity index (χ1n) is 2.27. The van der Waals surface area contributed by atoms with Gasteiger partial charge in [0.1, 0.15) is 0 Å². The average molecular weight is 198 g/mol. The van der Waals surface area contributed by atoms with Crippen LogP contribution in [0.5, 0.6) is 0 Å². The lowest BCUT2D eigenvalue weighted by molar-refractivity contribution is -0.237. The van der Waals surface area contributed by atoms with Crippen LogP contribution in [0.2, 0.25) is 0 Å². The van der Waals surface area contributed by atoms with E-state index in [0.29, 0.717) is 0 Å². The molecule has 0 fully saturated rings. The van der Waals surface area contributed by atoms with Crippen molar-refractivity contribution in [3.8, 4) is 0 Å². The Labute approximate surface area is 60.8 Å². The van der Waals surface area contributed by atoms with Gasteiger partial charge >= 0.3 is 6.43 Å². The van der Waals surface area contributed by atoms with Crippen LogP contribution in [0.25, 0.3) is 0 Å². The molecule has 0 aliphatic rings. The number of hydrogen-bond acceptors (Lipinski definition) is 2. The normalized spacial score (nSPS) is 11.8. The Balaban J connectivity index is 0. The highest BCUT2D eigenvalue weighted by Gasteiger charge is 2.24. The predicted molar refractivity (Wildman–Crippen MR) is 29.3 cm³/mol. The quantitative estimate of drug-likeness (QED) is 0.511. The lowest BCUT2D eigenvalue weighted by atomic mass is 11.0. The second kappa shape index (κ2) is 4.50. The molecule has 0 aliphatic carbocycles. The lowest BCUT2D eigenvalue weighted by Crippen LogP contribution is -1.97. The molecule has 0 rings (SSSR count). The average Bonchev–Trinajstić information content (AvgIpc) is 1.59. The summed E-state index contributed by atoms with van der Waals surface area (Å²) in [5.41, 5.74) is 0. The van der Waals surface area contributed by atoms with E-state index in [2.05, 4.69) is 0 Å². The molecule has 0 saturated heterocycles. The molecule has 8 heteroatoms. The van der Waals surface area contributed by atoms with Crippen molar-refractivity contribution in [2.75, 3.05) is 5.75 Å². The minimum absolute atomic E-state index is 0.201. The first-order valence-corrected chi connectivity index (χ1v) is 3.88. The van der Waals surface area contributed by atoms with Gasteiger partial charge < -0.3 is 0 Å². The molecule has 1 N–H and O–H groups in total. The van der Waals surface area contributed by atoms with Gasteiger partial charge in [-0.1, -0.05) is 0 Å². The van der Waals surface area contributed by atoms with Crippen LogP contribution in [0.1, 0.15) is 6.92 Å². The highest BCUT2D eigenvalue weighted by atomic mass is 32.2. The molecule has 11 heavy (non-hydrogen) atoms. The third-order valence-electron chi connectivity index (χ3n) is 0.365. The molecular formula is C3H6F4O3S. The SMILES string of the molecule is CCS(=O)(=O)O.FC(F)(F)F. The van der Waals surface area contributed by atoms with E-state index < -0.39 is 16.5 Å². The van der Waals surface area contributed by atoms with Crippen LogP contribution in [0, 0.1) is 0 Å². The van der Waals surface area contributed by atoms with Crippen LogP contribution in [-0.4, -0.2) is 25.2 Å². The number of halogens is 4. The molecule has 70 valence electrons. The van der Waals surface area contributed by atoms with Crippen molar-refractivity contribution >= 4 is 10.1 Å². The molecule has 0 aromatic rings. The zero-order valence-electron chi connectivity index (χ0n) is 5.39.